The van der Waals surface area contributed by atoms with E-state index in [1.165, 1.54) is 12.1 Å². The minimum absolute atomic E-state index is 0.0306. The van der Waals surface area contributed by atoms with Gasteiger partial charge >= 0.3 is 5.97 Å². The molecule has 0 spiro atoms. The number of carbonyl (C=O) groups is 3. The van der Waals surface area contributed by atoms with Gasteiger partial charge in [0.25, 0.3) is 0 Å². The molecule has 0 aliphatic carbocycles. The first kappa shape index (κ1) is 28.0. The Morgan fingerprint density at radius 3 is 2.54 bits per heavy atom. The first-order valence-electron chi connectivity index (χ1n) is 13.2. The van der Waals surface area contributed by atoms with E-state index in [0.29, 0.717) is 25.7 Å². The first-order valence-corrected chi connectivity index (χ1v) is 13.2. The summed E-state index contributed by atoms with van der Waals surface area (Å²) in [6.07, 6.45) is 6.99. The molecule has 1 aliphatic rings. The predicted molar refractivity (Wildman–Crippen MR) is 145 cm³/mol. The van der Waals surface area contributed by atoms with Gasteiger partial charge in [-0.05, 0) is 55.0 Å². The normalized spacial score (nSPS) is 21.3. The molecule has 206 valence electrons. The number of halogens is 1. The van der Waals surface area contributed by atoms with Crippen LogP contribution in [0.1, 0.15) is 30.4 Å². The Morgan fingerprint density at radius 2 is 1.77 bits per heavy atom. The first-order chi connectivity index (χ1) is 18.9. The summed E-state index contributed by atoms with van der Waals surface area (Å²) in [5.41, 5.74) is 2.76. The molecular formula is C30H34FN3O5. The van der Waals surface area contributed by atoms with E-state index in [-0.39, 0.29) is 49.8 Å². The maximum atomic E-state index is 13.4. The highest BCUT2D eigenvalue weighted by Crippen LogP contribution is 2.22. The van der Waals surface area contributed by atoms with Crippen LogP contribution in [0, 0.1) is 17.7 Å². The zero-order valence-corrected chi connectivity index (χ0v) is 21.7. The van der Waals surface area contributed by atoms with Crippen LogP contribution in [0.15, 0.2) is 66.9 Å². The fourth-order valence-corrected chi connectivity index (χ4v) is 4.80. The number of amides is 2. The molecule has 39 heavy (non-hydrogen) atoms. The summed E-state index contributed by atoms with van der Waals surface area (Å²) in [6.45, 7) is -0.0969. The van der Waals surface area contributed by atoms with Gasteiger partial charge < -0.3 is 25.5 Å². The van der Waals surface area contributed by atoms with Crippen LogP contribution in [0.2, 0.25) is 0 Å². The highest BCUT2D eigenvalue weighted by Gasteiger charge is 2.27. The lowest BCUT2D eigenvalue weighted by atomic mass is 9.94. The zero-order valence-electron chi connectivity index (χ0n) is 21.7. The van der Waals surface area contributed by atoms with Gasteiger partial charge in [-0.3, -0.25) is 14.4 Å². The number of ether oxygens (including phenoxy) is 1. The Bertz CT molecular complexity index is 1300. The minimum atomic E-state index is -0.629. The summed E-state index contributed by atoms with van der Waals surface area (Å²) in [5, 5.41) is 15.6. The van der Waals surface area contributed by atoms with Gasteiger partial charge in [0.1, 0.15) is 12.4 Å². The van der Waals surface area contributed by atoms with E-state index in [0.717, 1.165) is 22.0 Å². The van der Waals surface area contributed by atoms with Gasteiger partial charge in [0.2, 0.25) is 11.8 Å². The standard InChI is InChI=1S/C30H34FN3O5/c31-24-11-9-20(10-12-24)15-22-6-2-1-5-21(17-28(36)32-13-14-35)29(37)34-25(19-39-30(22)38)16-23-18-33-27-8-4-3-7-26(23)27/h1-4,7-12,18,21-22,25,33,35H,5-6,13-17,19H2,(H,32,36)(H,34,37)/b2-1-/t21-,22+,25+/m0/s1. The lowest BCUT2D eigenvalue weighted by Crippen LogP contribution is -2.44. The van der Waals surface area contributed by atoms with Crippen LogP contribution in [0.3, 0.4) is 0 Å². The summed E-state index contributed by atoms with van der Waals surface area (Å²) >= 11 is 0. The number of esters is 1. The Balaban J connectivity index is 1.55. The molecule has 2 aromatic carbocycles. The number of cyclic esters (lactones) is 1. The second-order valence-electron chi connectivity index (χ2n) is 9.84. The van der Waals surface area contributed by atoms with Crippen LogP contribution in [-0.2, 0) is 32.0 Å². The van der Waals surface area contributed by atoms with Crippen LogP contribution >= 0.6 is 0 Å². The van der Waals surface area contributed by atoms with Crippen LogP contribution in [0.5, 0.6) is 0 Å². The zero-order chi connectivity index (χ0) is 27.6. The number of hydrogen-bond acceptors (Lipinski definition) is 5. The highest BCUT2D eigenvalue weighted by molar-refractivity contribution is 5.86. The highest BCUT2D eigenvalue weighted by atomic mass is 19.1. The predicted octanol–water partition coefficient (Wildman–Crippen LogP) is 3.20. The molecule has 4 rings (SSSR count). The van der Waals surface area contributed by atoms with Crippen LogP contribution in [-0.4, -0.2) is 53.7 Å². The largest absolute Gasteiger partial charge is 0.463 e. The summed E-state index contributed by atoms with van der Waals surface area (Å²) < 4.78 is 19.1. The van der Waals surface area contributed by atoms with Gasteiger partial charge in [-0.1, -0.05) is 42.5 Å². The number of rotatable bonds is 8. The molecule has 0 fully saturated rings. The average molecular weight is 536 g/mol. The van der Waals surface area contributed by atoms with Crippen molar-refractivity contribution >= 4 is 28.7 Å². The van der Waals surface area contributed by atoms with E-state index in [9.17, 15) is 18.8 Å². The SMILES string of the molecule is O=C(C[C@@H]1C/C=C\C[C@H](Cc2ccc(F)cc2)C(=O)OC[C@@H](Cc2c[nH]c3ccccc23)NC1=O)NCCO. The van der Waals surface area contributed by atoms with Crippen molar-refractivity contribution in [2.45, 2.75) is 38.1 Å². The molecule has 2 heterocycles. The molecule has 9 heteroatoms. The topological polar surface area (TPSA) is 121 Å². The summed E-state index contributed by atoms with van der Waals surface area (Å²) in [7, 11) is 0. The molecule has 1 aromatic heterocycles. The number of benzene rings is 2. The third-order valence-corrected chi connectivity index (χ3v) is 6.89. The van der Waals surface area contributed by atoms with Crippen molar-refractivity contribution < 1.29 is 28.6 Å². The van der Waals surface area contributed by atoms with E-state index < -0.39 is 17.9 Å². The van der Waals surface area contributed by atoms with Crippen molar-refractivity contribution in [3.8, 4) is 0 Å². The van der Waals surface area contributed by atoms with Gasteiger partial charge in [0.15, 0.2) is 0 Å². The molecule has 0 saturated carbocycles. The molecule has 1 aliphatic heterocycles. The molecule has 0 radical (unpaired) electrons. The average Bonchev–Trinajstić information content (AvgIpc) is 3.34. The van der Waals surface area contributed by atoms with Crippen molar-refractivity contribution in [1.82, 2.24) is 15.6 Å². The van der Waals surface area contributed by atoms with E-state index in [4.69, 9.17) is 9.84 Å². The van der Waals surface area contributed by atoms with Crippen LogP contribution in [0.4, 0.5) is 4.39 Å². The number of aliphatic hydroxyl groups is 1. The Morgan fingerprint density at radius 1 is 1.03 bits per heavy atom. The van der Waals surface area contributed by atoms with Crippen molar-refractivity contribution in [3.63, 3.8) is 0 Å². The Hall–Kier alpha value is -3.98. The number of hydrogen-bond donors (Lipinski definition) is 4. The number of carbonyl (C=O) groups excluding carboxylic acids is 3. The second-order valence-corrected chi connectivity index (χ2v) is 9.84. The van der Waals surface area contributed by atoms with Crippen molar-refractivity contribution in [3.05, 3.63) is 83.8 Å². The smallest absolute Gasteiger partial charge is 0.309 e. The number of allylic oxidation sites excluding steroid dienone is 2. The number of H-pyrrole nitrogens is 1. The van der Waals surface area contributed by atoms with E-state index in [1.54, 1.807) is 12.1 Å². The number of nitrogens with one attached hydrogen (secondary N) is 3. The number of aliphatic hydroxyl groups excluding tert-OH is 1. The lowest BCUT2D eigenvalue weighted by molar-refractivity contribution is -0.150. The molecule has 2 amide bonds. The number of aromatic amines is 1. The van der Waals surface area contributed by atoms with E-state index in [1.807, 2.05) is 42.6 Å². The maximum absolute atomic E-state index is 13.4. The molecule has 3 atom stereocenters. The lowest BCUT2D eigenvalue weighted by Gasteiger charge is -2.24. The number of para-hydroxylation sites is 1. The molecule has 4 N–H and O–H groups in total. The van der Waals surface area contributed by atoms with Gasteiger partial charge in [-0.15, -0.1) is 0 Å². The van der Waals surface area contributed by atoms with E-state index >= 15 is 0 Å². The Kier molecular flexibility index (Phi) is 9.85. The molecule has 3 aromatic rings. The third-order valence-electron chi connectivity index (χ3n) is 6.89. The molecular weight excluding hydrogens is 501 g/mol. The fourth-order valence-electron chi connectivity index (χ4n) is 4.80. The van der Waals surface area contributed by atoms with Gasteiger partial charge in [-0.25, -0.2) is 4.39 Å². The Labute approximate surface area is 226 Å². The summed E-state index contributed by atoms with van der Waals surface area (Å²) in [4.78, 5) is 42.0. The number of fused-ring (bicyclic) bond motifs is 1. The van der Waals surface area contributed by atoms with Crippen molar-refractivity contribution in [1.29, 1.82) is 0 Å². The minimum Gasteiger partial charge on any atom is -0.463 e. The molecule has 0 bridgehead atoms. The van der Waals surface area contributed by atoms with Gasteiger partial charge in [0.05, 0.1) is 24.5 Å². The van der Waals surface area contributed by atoms with Crippen LogP contribution in [0.25, 0.3) is 10.9 Å². The number of aromatic nitrogens is 1. The van der Waals surface area contributed by atoms with E-state index in [2.05, 4.69) is 15.6 Å². The summed E-state index contributed by atoms with van der Waals surface area (Å²) in [5.74, 6) is -2.47. The maximum Gasteiger partial charge on any atom is 0.309 e. The monoisotopic (exact) mass is 535 g/mol. The van der Waals surface area contributed by atoms with Crippen molar-refractivity contribution in [2.24, 2.45) is 11.8 Å². The molecule has 0 saturated heterocycles. The molecule has 8 nitrogen and oxygen atoms in total. The van der Waals surface area contributed by atoms with Crippen molar-refractivity contribution in [2.75, 3.05) is 19.8 Å². The second kappa shape index (κ2) is 13.7. The molecule has 0 unspecified atom stereocenters. The summed E-state index contributed by atoms with van der Waals surface area (Å²) in [6, 6.07) is 13.4. The van der Waals surface area contributed by atoms with Gasteiger partial charge in [0, 0.05) is 30.1 Å². The van der Waals surface area contributed by atoms with Gasteiger partial charge in [-0.2, -0.15) is 0 Å². The quantitative estimate of drug-likeness (QED) is 0.261. The van der Waals surface area contributed by atoms with Crippen LogP contribution < -0.4 is 10.6 Å². The third kappa shape index (κ3) is 8.00. The fraction of sp³-hybridized carbons (Fsp3) is 0.367.